The molecule has 34 heavy (non-hydrogen) atoms. The maximum absolute atomic E-state index is 12.1. The van der Waals surface area contributed by atoms with Crippen LogP contribution in [-0.4, -0.2) is 16.8 Å². The number of hydrogen-bond donors (Lipinski definition) is 0. The van der Waals surface area contributed by atoms with Gasteiger partial charge in [0.05, 0.1) is 9.79 Å². The van der Waals surface area contributed by atoms with Crippen molar-refractivity contribution < 1.29 is 16.8 Å². The van der Waals surface area contributed by atoms with Crippen molar-refractivity contribution in [2.24, 2.45) is 11.8 Å². The van der Waals surface area contributed by atoms with Gasteiger partial charge >= 0.3 is 0 Å². The lowest BCUT2D eigenvalue weighted by Gasteiger charge is -2.63. The smallest absolute Gasteiger partial charge is 0.207 e. The third-order valence-electron chi connectivity index (χ3n) is 8.69. The van der Waals surface area contributed by atoms with Gasteiger partial charge in [0.15, 0.2) is 0 Å². The molecule has 0 heterocycles. The predicted molar refractivity (Wildman–Crippen MR) is 136 cm³/mol. The van der Waals surface area contributed by atoms with Crippen molar-refractivity contribution in [3.8, 4) is 0 Å². The number of rotatable bonds is 4. The predicted octanol–water partition coefficient (Wildman–Crippen LogP) is 6.56. The maximum Gasteiger partial charge on any atom is 0.261 e. The van der Waals surface area contributed by atoms with E-state index in [4.69, 9.17) is 21.4 Å². The number of hydrogen-bond acceptors (Lipinski definition) is 4. The average molecular weight is 542 g/mol. The van der Waals surface area contributed by atoms with E-state index in [1.807, 2.05) is 52.0 Å². The van der Waals surface area contributed by atoms with Crippen molar-refractivity contribution >= 4 is 39.5 Å². The number of halogens is 2. The molecule has 0 N–H and O–H groups in total. The normalized spacial score (nSPS) is 30.6. The van der Waals surface area contributed by atoms with Crippen LogP contribution in [-0.2, 0) is 28.9 Å². The van der Waals surface area contributed by atoms with Gasteiger partial charge in [0.2, 0.25) is 0 Å². The van der Waals surface area contributed by atoms with E-state index in [0.717, 1.165) is 32.1 Å². The van der Waals surface area contributed by atoms with Gasteiger partial charge in [-0.3, -0.25) is 0 Å². The van der Waals surface area contributed by atoms with Crippen molar-refractivity contribution in [2.75, 3.05) is 0 Å². The molecule has 0 unspecified atom stereocenters. The average Bonchev–Trinajstić information content (AvgIpc) is 2.63. The Bertz CT molecular complexity index is 1260. The van der Waals surface area contributed by atoms with Gasteiger partial charge in [0.25, 0.3) is 18.1 Å². The summed E-state index contributed by atoms with van der Waals surface area (Å²) in [6.07, 6.45) is 6.69. The summed E-state index contributed by atoms with van der Waals surface area (Å²) < 4.78 is 48.6. The highest BCUT2D eigenvalue weighted by molar-refractivity contribution is 8.14. The first-order valence-corrected chi connectivity index (χ1v) is 16.4. The Morgan fingerprint density at radius 1 is 0.647 bits per heavy atom. The van der Waals surface area contributed by atoms with E-state index < -0.39 is 18.1 Å². The summed E-state index contributed by atoms with van der Waals surface area (Å²) in [5.74, 6) is 1.21. The molecule has 4 saturated carbocycles. The highest BCUT2D eigenvalue weighted by Gasteiger charge is 2.58. The summed E-state index contributed by atoms with van der Waals surface area (Å²) >= 11 is 0. The summed E-state index contributed by atoms with van der Waals surface area (Å²) in [5.41, 5.74) is 5.25. The Kier molecular flexibility index (Phi) is 5.58. The zero-order chi connectivity index (χ0) is 24.8. The van der Waals surface area contributed by atoms with Crippen LogP contribution in [0, 0.1) is 39.5 Å². The van der Waals surface area contributed by atoms with Gasteiger partial charge in [-0.15, -0.1) is 0 Å². The lowest BCUT2D eigenvalue weighted by atomic mass is 9.41. The summed E-state index contributed by atoms with van der Waals surface area (Å²) in [6.45, 7) is 7.33. The van der Waals surface area contributed by atoms with Crippen molar-refractivity contribution in [1.29, 1.82) is 0 Å². The number of aryl methyl sites for hydroxylation is 4. The van der Waals surface area contributed by atoms with Gasteiger partial charge in [-0.05, 0) is 122 Å². The fourth-order valence-electron chi connectivity index (χ4n) is 8.22. The van der Waals surface area contributed by atoms with Crippen LogP contribution >= 0.6 is 21.4 Å². The molecule has 0 spiro atoms. The zero-order valence-corrected chi connectivity index (χ0v) is 23.1. The second-order valence-corrected chi connectivity index (χ2v) is 16.3. The van der Waals surface area contributed by atoms with Gasteiger partial charge in [0.1, 0.15) is 0 Å². The molecule has 0 amide bonds. The molecule has 2 aromatic carbocycles. The van der Waals surface area contributed by atoms with E-state index in [1.54, 1.807) is 0 Å². The Hall–Kier alpha value is -1.08. The maximum atomic E-state index is 12.1. The molecule has 6 rings (SSSR count). The minimum atomic E-state index is -3.81. The molecule has 8 heteroatoms. The van der Waals surface area contributed by atoms with Crippen LogP contribution in [0.4, 0.5) is 0 Å². The molecular weight excluding hydrogens is 511 g/mol. The van der Waals surface area contributed by atoms with Crippen LogP contribution in [0.25, 0.3) is 0 Å². The first-order chi connectivity index (χ1) is 15.6. The molecule has 4 aliphatic carbocycles. The highest BCUT2D eigenvalue weighted by atomic mass is 35.7. The van der Waals surface area contributed by atoms with Gasteiger partial charge < -0.3 is 0 Å². The number of benzene rings is 2. The first-order valence-electron chi connectivity index (χ1n) is 11.8. The Morgan fingerprint density at radius 2 is 0.941 bits per heavy atom. The largest absolute Gasteiger partial charge is 0.261 e. The first kappa shape index (κ1) is 24.6. The van der Waals surface area contributed by atoms with Crippen LogP contribution in [0.1, 0.15) is 71.9 Å². The fraction of sp³-hybridized carbons (Fsp3) is 0.538. The molecule has 0 aliphatic heterocycles. The standard InChI is InChI=1S/C26H30Cl2O4S2/c1-15-5-21(6-16(2)23(15)33(27,29)30)25-10-19-9-20(11-25)13-26(12-19,14-25)22-7-17(3)24(18(4)8-22)34(28,31)32/h5-8,19-20H,9-14H2,1-4H3. The molecule has 0 atom stereocenters. The van der Waals surface area contributed by atoms with E-state index >= 15 is 0 Å². The molecular formula is C26H30Cl2O4S2. The van der Waals surface area contributed by atoms with Crippen molar-refractivity contribution in [2.45, 2.75) is 86.8 Å². The van der Waals surface area contributed by atoms with Crippen molar-refractivity contribution in [3.63, 3.8) is 0 Å². The van der Waals surface area contributed by atoms with Crippen LogP contribution in [0.5, 0.6) is 0 Å². The Balaban J connectivity index is 1.63. The highest BCUT2D eigenvalue weighted by Crippen LogP contribution is 2.66. The van der Waals surface area contributed by atoms with E-state index in [9.17, 15) is 16.8 Å². The topological polar surface area (TPSA) is 68.3 Å². The molecule has 0 radical (unpaired) electrons. The van der Waals surface area contributed by atoms with Crippen molar-refractivity contribution in [1.82, 2.24) is 0 Å². The second-order valence-electron chi connectivity index (χ2n) is 11.3. The minimum absolute atomic E-state index is 0.00670. The van der Waals surface area contributed by atoms with Gasteiger partial charge in [0, 0.05) is 21.4 Å². The lowest BCUT2D eigenvalue weighted by molar-refractivity contribution is -0.0282. The molecule has 4 fully saturated rings. The minimum Gasteiger partial charge on any atom is -0.207 e. The zero-order valence-electron chi connectivity index (χ0n) is 19.9. The van der Waals surface area contributed by atoms with Crippen molar-refractivity contribution in [3.05, 3.63) is 57.6 Å². The van der Waals surface area contributed by atoms with Crippen LogP contribution in [0.3, 0.4) is 0 Å². The van der Waals surface area contributed by atoms with Crippen LogP contribution in [0.15, 0.2) is 34.1 Å². The van der Waals surface area contributed by atoms with Gasteiger partial charge in [-0.1, -0.05) is 24.3 Å². The fourth-order valence-corrected chi connectivity index (χ4v) is 11.5. The van der Waals surface area contributed by atoms with E-state index in [-0.39, 0.29) is 20.6 Å². The SMILES string of the molecule is Cc1cc(C23CC4CC(C2)CC(c2cc(C)c(S(=O)(=O)Cl)c(C)c2)(C4)C3)cc(C)c1S(=O)(=O)Cl. The molecule has 4 aliphatic rings. The molecule has 0 aromatic heterocycles. The Morgan fingerprint density at radius 3 is 1.21 bits per heavy atom. The molecule has 4 nitrogen and oxygen atoms in total. The molecule has 0 saturated heterocycles. The van der Waals surface area contributed by atoms with E-state index in [1.165, 1.54) is 17.5 Å². The summed E-state index contributed by atoms with van der Waals surface area (Å²) in [5, 5.41) is 0. The van der Waals surface area contributed by atoms with E-state index in [2.05, 4.69) is 0 Å². The summed E-state index contributed by atoms with van der Waals surface area (Å²) in [4.78, 5) is 0.447. The summed E-state index contributed by atoms with van der Waals surface area (Å²) in [7, 11) is 3.86. The van der Waals surface area contributed by atoms with Crippen LogP contribution < -0.4 is 0 Å². The van der Waals surface area contributed by atoms with Gasteiger partial charge in [-0.2, -0.15) is 0 Å². The molecule has 2 aromatic rings. The van der Waals surface area contributed by atoms with Gasteiger partial charge in [-0.25, -0.2) is 16.8 Å². The monoisotopic (exact) mass is 540 g/mol. The quantitative estimate of drug-likeness (QED) is 0.411. The molecule has 184 valence electrons. The van der Waals surface area contributed by atoms with Crippen LogP contribution in [0.2, 0.25) is 0 Å². The third kappa shape index (κ3) is 3.84. The third-order valence-corrected chi connectivity index (χ3v) is 11.9. The Labute approximate surface area is 211 Å². The van der Waals surface area contributed by atoms with E-state index in [0.29, 0.717) is 34.1 Å². The summed E-state index contributed by atoms with van der Waals surface area (Å²) in [6, 6.07) is 8.18. The molecule has 4 bridgehead atoms. The lowest BCUT2D eigenvalue weighted by Crippen LogP contribution is -2.56. The second kappa shape index (κ2) is 7.71.